The largest absolute Gasteiger partial charge is 0.479 e. The van der Waals surface area contributed by atoms with Crippen molar-refractivity contribution < 1.29 is 38.1 Å². The fourth-order valence-electron chi connectivity index (χ4n) is 4.28. The van der Waals surface area contributed by atoms with Gasteiger partial charge in [-0.1, -0.05) is 27.4 Å². The molecule has 0 aromatic rings. The average Bonchev–Trinajstić information content (AvgIpc) is 3.07. The summed E-state index contributed by atoms with van der Waals surface area (Å²) < 4.78 is 22.8. The summed E-state index contributed by atoms with van der Waals surface area (Å²) in [6.45, 7) is 12.1. The summed E-state index contributed by atoms with van der Waals surface area (Å²) in [7, 11) is 0. The molecule has 0 spiro atoms. The molecule has 164 valence electrons. The molecule has 0 aliphatic carbocycles. The van der Waals surface area contributed by atoms with Gasteiger partial charge in [-0.2, -0.15) is 0 Å². The zero-order chi connectivity index (χ0) is 22.4. The number of carbonyl (C=O) groups is 4. The lowest BCUT2D eigenvalue weighted by molar-refractivity contribution is -0.195. The number of carbonyl (C=O) groups excluding carboxylic acids is 4. The van der Waals surface area contributed by atoms with Gasteiger partial charge < -0.3 is 18.9 Å². The topological polar surface area (TPSA) is 105 Å². The highest BCUT2D eigenvalue weighted by atomic mass is 16.6. The summed E-state index contributed by atoms with van der Waals surface area (Å²) >= 11 is 0. The van der Waals surface area contributed by atoms with Crippen LogP contribution in [0.2, 0.25) is 0 Å². The smallest absolute Gasteiger partial charge is 0.334 e. The molecule has 3 rings (SSSR count). The van der Waals surface area contributed by atoms with Gasteiger partial charge in [-0.05, 0) is 19.3 Å². The Morgan fingerprint density at radius 1 is 1.30 bits per heavy atom. The van der Waals surface area contributed by atoms with Crippen molar-refractivity contribution >= 4 is 23.7 Å². The molecule has 0 radical (unpaired) electrons. The van der Waals surface area contributed by atoms with Gasteiger partial charge >= 0.3 is 17.9 Å². The van der Waals surface area contributed by atoms with Gasteiger partial charge in [0.25, 0.3) is 0 Å². The minimum Gasteiger partial charge on any atom is -0.479 e. The van der Waals surface area contributed by atoms with Crippen molar-refractivity contribution in [2.75, 3.05) is 0 Å². The third kappa shape index (κ3) is 3.87. The first-order chi connectivity index (χ1) is 13.9. The van der Waals surface area contributed by atoms with Crippen molar-refractivity contribution in [3.05, 3.63) is 24.0 Å². The summed E-state index contributed by atoms with van der Waals surface area (Å²) in [5, 5.41) is 0. The van der Waals surface area contributed by atoms with E-state index in [2.05, 4.69) is 6.58 Å². The second kappa shape index (κ2) is 7.89. The van der Waals surface area contributed by atoms with Crippen LogP contribution >= 0.6 is 0 Å². The standard InChI is InChI=1S/C22H28O8/c1-10(2)7-17(25)29-19-18-12(4)21(26)28-15(18)8-11(3)14-9-16(24)22(6,30-14)20(19)27-13(5)23/h9-11,15,18-20H,4,7-8H2,1-3,5-6H3. The van der Waals surface area contributed by atoms with Gasteiger partial charge in [0.15, 0.2) is 12.2 Å². The quantitative estimate of drug-likeness (QED) is 0.387. The first-order valence-electron chi connectivity index (χ1n) is 10.2. The fourth-order valence-corrected chi connectivity index (χ4v) is 4.28. The predicted octanol–water partition coefficient (Wildman–Crippen LogP) is 2.26. The molecule has 0 aromatic heterocycles. The van der Waals surface area contributed by atoms with Crippen LogP contribution < -0.4 is 0 Å². The molecule has 2 bridgehead atoms. The van der Waals surface area contributed by atoms with Gasteiger partial charge in [0.1, 0.15) is 11.9 Å². The highest BCUT2D eigenvalue weighted by Gasteiger charge is 2.60. The summed E-state index contributed by atoms with van der Waals surface area (Å²) in [4.78, 5) is 49.8. The molecule has 0 saturated carbocycles. The first-order valence-corrected chi connectivity index (χ1v) is 10.2. The van der Waals surface area contributed by atoms with E-state index in [9.17, 15) is 19.2 Å². The van der Waals surface area contributed by atoms with Crippen LogP contribution in [0, 0.1) is 17.8 Å². The number of fused-ring (bicyclic) bond motifs is 3. The number of rotatable bonds is 4. The van der Waals surface area contributed by atoms with Crippen LogP contribution in [0.1, 0.15) is 47.5 Å². The van der Waals surface area contributed by atoms with Crippen molar-refractivity contribution in [2.45, 2.75) is 71.4 Å². The normalized spacial score (nSPS) is 35.5. The van der Waals surface area contributed by atoms with E-state index in [0.29, 0.717) is 12.2 Å². The Balaban J connectivity index is 2.12. The van der Waals surface area contributed by atoms with E-state index in [4.69, 9.17) is 18.9 Å². The minimum atomic E-state index is -1.60. The Morgan fingerprint density at radius 2 is 1.97 bits per heavy atom. The predicted molar refractivity (Wildman–Crippen MR) is 104 cm³/mol. The lowest BCUT2D eigenvalue weighted by Crippen LogP contribution is -2.57. The van der Waals surface area contributed by atoms with Crippen LogP contribution in [-0.4, -0.2) is 47.6 Å². The second-order valence-electron chi connectivity index (χ2n) is 8.83. The van der Waals surface area contributed by atoms with E-state index < -0.39 is 53.5 Å². The van der Waals surface area contributed by atoms with E-state index in [-0.39, 0.29) is 23.8 Å². The Labute approximate surface area is 175 Å². The van der Waals surface area contributed by atoms with Gasteiger partial charge in [0.05, 0.1) is 5.92 Å². The maximum Gasteiger partial charge on any atom is 0.334 e. The highest BCUT2D eigenvalue weighted by molar-refractivity contribution is 6.00. The molecule has 3 aliphatic rings. The van der Waals surface area contributed by atoms with Gasteiger partial charge in [0, 0.05) is 30.9 Å². The number of hydrogen-bond donors (Lipinski definition) is 0. The Hall–Kier alpha value is -2.64. The molecule has 6 unspecified atom stereocenters. The molecule has 3 aliphatic heterocycles. The van der Waals surface area contributed by atoms with E-state index in [1.807, 2.05) is 20.8 Å². The van der Waals surface area contributed by atoms with E-state index in [0.717, 1.165) is 0 Å². The zero-order valence-corrected chi connectivity index (χ0v) is 17.9. The van der Waals surface area contributed by atoms with E-state index >= 15 is 0 Å². The molecular weight excluding hydrogens is 392 g/mol. The molecule has 0 aromatic carbocycles. The second-order valence-corrected chi connectivity index (χ2v) is 8.83. The minimum absolute atomic E-state index is 0.0229. The van der Waals surface area contributed by atoms with E-state index in [1.54, 1.807) is 0 Å². The zero-order valence-electron chi connectivity index (χ0n) is 17.9. The molecular formula is C22H28O8. The number of ether oxygens (including phenoxy) is 4. The number of ketones is 1. The molecule has 2 saturated heterocycles. The molecule has 8 heteroatoms. The lowest BCUT2D eigenvalue weighted by atomic mass is 9.78. The Morgan fingerprint density at radius 3 is 2.57 bits per heavy atom. The van der Waals surface area contributed by atoms with Crippen molar-refractivity contribution in [3.8, 4) is 0 Å². The van der Waals surface area contributed by atoms with Gasteiger partial charge in [0.2, 0.25) is 11.4 Å². The van der Waals surface area contributed by atoms with Crippen molar-refractivity contribution in [2.24, 2.45) is 17.8 Å². The van der Waals surface area contributed by atoms with Crippen LogP contribution in [0.5, 0.6) is 0 Å². The molecule has 0 amide bonds. The number of allylic oxidation sites excluding steroid dienone is 1. The summed E-state index contributed by atoms with van der Waals surface area (Å²) in [5.74, 6) is -2.77. The SMILES string of the molecule is C=C1C(=O)OC2CC(C)C3=CC(=O)C(C)(O3)C(OC(C)=O)C(OC(=O)CC(C)C)C12. The van der Waals surface area contributed by atoms with Crippen molar-refractivity contribution in [1.29, 1.82) is 0 Å². The number of esters is 3. The van der Waals surface area contributed by atoms with E-state index in [1.165, 1.54) is 19.9 Å². The summed E-state index contributed by atoms with van der Waals surface area (Å²) in [6.07, 6.45) is -1.27. The van der Waals surface area contributed by atoms with Crippen molar-refractivity contribution in [3.63, 3.8) is 0 Å². The third-order valence-corrected chi connectivity index (χ3v) is 5.82. The molecule has 30 heavy (non-hydrogen) atoms. The van der Waals surface area contributed by atoms with Crippen LogP contribution in [0.4, 0.5) is 0 Å². The van der Waals surface area contributed by atoms with Crippen LogP contribution in [0.3, 0.4) is 0 Å². The lowest BCUT2D eigenvalue weighted by Gasteiger charge is -2.38. The van der Waals surface area contributed by atoms with Crippen molar-refractivity contribution in [1.82, 2.24) is 0 Å². The maximum atomic E-state index is 12.9. The molecule has 8 nitrogen and oxygen atoms in total. The molecule has 6 atom stereocenters. The fraction of sp³-hybridized carbons (Fsp3) is 0.636. The first kappa shape index (κ1) is 22.1. The summed E-state index contributed by atoms with van der Waals surface area (Å²) in [6, 6.07) is 0. The average molecular weight is 420 g/mol. The van der Waals surface area contributed by atoms with Crippen LogP contribution in [0.25, 0.3) is 0 Å². The third-order valence-electron chi connectivity index (χ3n) is 5.82. The van der Waals surface area contributed by atoms with Gasteiger partial charge in [-0.15, -0.1) is 0 Å². The summed E-state index contributed by atoms with van der Waals surface area (Å²) in [5.41, 5.74) is -1.48. The molecule has 0 N–H and O–H groups in total. The Bertz CT molecular complexity index is 825. The van der Waals surface area contributed by atoms with Gasteiger partial charge in [-0.3, -0.25) is 14.4 Å². The van der Waals surface area contributed by atoms with Gasteiger partial charge in [-0.25, -0.2) is 4.79 Å². The molecule has 2 fully saturated rings. The maximum absolute atomic E-state index is 12.9. The van der Waals surface area contributed by atoms with Crippen LogP contribution in [0.15, 0.2) is 24.0 Å². The molecule has 3 heterocycles. The number of hydrogen-bond acceptors (Lipinski definition) is 8. The monoisotopic (exact) mass is 420 g/mol. The van der Waals surface area contributed by atoms with Crippen LogP contribution in [-0.2, 0) is 38.1 Å². The highest BCUT2D eigenvalue weighted by Crippen LogP contribution is 2.45. The Kier molecular flexibility index (Phi) is 5.80.